The number of unbranched alkanes of at least 4 members (excludes halogenated alkanes) is 1. The summed E-state index contributed by atoms with van der Waals surface area (Å²) < 4.78 is 0. The number of amides is 1. The van der Waals surface area contributed by atoms with Crippen molar-refractivity contribution in [2.75, 3.05) is 17.2 Å². The third kappa shape index (κ3) is 4.81. The molecule has 1 heterocycles. The Bertz CT molecular complexity index is 653. The Balaban J connectivity index is 2.10. The minimum atomic E-state index is -0.183. The van der Waals surface area contributed by atoms with E-state index in [1.807, 2.05) is 30.3 Å². The average molecular weight is 311 g/mol. The molecule has 0 atom stereocenters. The summed E-state index contributed by atoms with van der Waals surface area (Å²) in [5.74, 6) is 0.166. The number of nitrogens with one attached hydrogen (secondary N) is 2. The fourth-order valence-corrected chi connectivity index (χ4v) is 2.37. The van der Waals surface area contributed by atoms with Gasteiger partial charge in [0.2, 0.25) is 0 Å². The summed E-state index contributed by atoms with van der Waals surface area (Å²) >= 11 is 0. The number of benzene rings is 1. The number of carbonyl (C=O) groups excluding carboxylic acids is 1. The Kier molecular flexibility index (Phi) is 6.15. The maximum atomic E-state index is 12.5. The molecule has 4 nitrogen and oxygen atoms in total. The fourth-order valence-electron chi connectivity index (χ4n) is 2.37. The van der Waals surface area contributed by atoms with Gasteiger partial charge in [0.1, 0.15) is 5.69 Å². The van der Waals surface area contributed by atoms with Crippen molar-refractivity contribution in [3.8, 4) is 0 Å². The summed E-state index contributed by atoms with van der Waals surface area (Å²) in [7, 11) is 0. The molecule has 0 radical (unpaired) electrons. The highest BCUT2D eigenvalue weighted by atomic mass is 16.1. The van der Waals surface area contributed by atoms with Crippen LogP contribution in [0.1, 0.15) is 55.6 Å². The van der Waals surface area contributed by atoms with Crippen molar-refractivity contribution in [3.05, 3.63) is 53.9 Å². The molecular weight excluding hydrogens is 286 g/mol. The minimum Gasteiger partial charge on any atom is -0.385 e. The van der Waals surface area contributed by atoms with Crippen LogP contribution in [0.15, 0.2) is 42.6 Å². The van der Waals surface area contributed by atoms with E-state index in [4.69, 9.17) is 0 Å². The first-order valence-electron chi connectivity index (χ1n) is 8.22. The first-order valence-corrected chi connectivity index (χ1v) is 8.22. The lowest BCUT2D eigenvalue weighted by Crippen LogP contribution is -2.15. The Hall–Kier alpha value is -2.36. The summed E-state index contributed by atoms with van der Waals surface area (Å²) in [5.41, 5.74) is 3.32. The molecule has 0 fully saturated rings. The van der Waals surface area contributed by atoms with E-state index in [-0.39, 0.29) is 5.91 Å². The van der Waals surface area contributed by atoms with E-state index >= 15 is 0 Å². The molecule has 0 unspecified atom stereocenters. The van der Waals surface area contributed by atoms with Crippen molar-refractivity contribution in [2.24, 2.45) is 0 Å². The monoisotopic (exact) mass is 311 g/mol. The van der Waals surface area contributed by atoms with Gasteiger partial charge >= 0.3 is 0 Å². The van der Waals surface area contributed by atoms with Gasteiger partial charge in [0.25, 0.3) is 5.91 Å². The SMILES string of the molecule is CCCCNc1ccnc(C(=O)Nc2ccccc2C(C)C)c1. The molecular formula is C19H25N3O. The zero-order chi connectivity index (χ0) is 16.7. The normalized spacial score (nSPS) is 10.6. The Morgan fingerprint density at radius 3 is 2.74 bits per heavy atom. The predicted molar refractivity (Wildman–Crippen MR) is 96.1 cm³/mol. The van der Waals surface area contributed by atoms with Crippen LogP contribution in [-0.2, 0) is 0 Å². The number of rotatable bonds is 7. The van der Waals surface area contributed by atoms with Gasteiger partial charge in [0.05, 0.1) is 0 Å². The van der Waals surface area contributed by atoms with E-state index in [1.54, 1.807) is 12.3 Å². The molecule has 0 saturated carbocycles. The molecule has 0 aliphatic heterocycles. The van der Waals surface area contributed by atoms with E-state index in [2.05, 4.69) is 36.4 Å². The maximum Gasteiger partial charge on any atom is 0.274 e. The van der Waals surface area contributed by atoms with Crippen LogP contribution in [0.4, 0.5) is 11.4 Å². The number of anilines is 2. The summed E-state index contributed by atoms with van der Waals surface area (Å²) in [4.78, 5) is 16.7. The predicted octanol–water partition coefficient (Wildman–Crippen LogP) is 4.67. The minimum absolute atomic E-state index is 0.183. The van der Waals surface area contributed by atoms with Crippen molar-refractivity contribution < 1.29 is 4.79 Å². The second kappa shape index (κ2) is 8.32. The van der Waals surface area contributed by atoms with Crippen LogP contribution in [0.2, 0.25) is 0 Å². The quantitative estimate of drug-likeness (QED) is 0.731. The smallest absolute Gasteiger partial charge is 0.274 e. The molecule has 1 aromatic carbocycles. The van der Waals surface area contributed by atoms with Crippen LogP contribution in [0.5, 0.6) is 0 Å². The van der Waals surface area contributed by atoms with E-state index in [0.29, 0.717) is 11.6 Å². The maximum absolute atomic E-state index is 12.5. The zero-order valence-corrected chi connectivity index (χ0v) is 14.1. The number of hydrogen-bond donors (Lipinski definition) is 2. The highest BCUT2D eigenvalue weighted by Gasteiger charge is 2.12. The molecule has 0 aliphatic rings. The van der Waals surface area contributed by atoms with Crippen molar-refractivity contribution in [1.82, 2.24) is 4.98 Å². The number of aromatic nitrogens is 1. The van der Waals surface area contributed by atoms with E-state index in [0.717, 1.165) is 36.3 Å². The molecule has 1 aromatic heterocycles. The van der Waals surface area contributed by atoms with E-state index in [9.17, 15) is 4.79 Å². The van der Waals surface area contributed by atoms with Gasteiger partial charge < -0.3 is 10.6 Å². The summed E-state index contributed by atoms with van der Waals surface area (Å²) in [6.45, 7) is 7.28. The Labute approximate surface area is 138 Å². The number of pyridine rings is 1. The van der Waals surface area contributed by atoms with Crippen LogP contribution in [-0.4, -0.2) is 17.4 Å². The number of hydrogen-bond acceptors (Lipinski definition) is 3. The molecule has 4 heteroatoms. The van der Waals surface area contributed by atoms with Gasteiger partial charge in [-0.05, 0) is 36.1 Å². The molecule has 0 bridgehead atoms. The molecule has 2 rings (SSSR count). The summed E-state index contributed by atoms with van der Waals surface area (Å²) in [5, 5.41) is 6.29. The van der Waals surface area contributed by atoms with Crippen LogP contribution < -0.4 is 10.6 Å². The lowest BCUT2D eigenvalue weighted by atomic mass is 10.0. The Morgan fingerprint density at radius 2 is 2.00 bits per heavy atom. The topological polar surface area (TPSA) is 54.0 Å². The van der Waals surface area contributed by atoms with Gasteiger partial charge in [-0.25, -0.2) is 0 Å². The van der Waals surface area contributed by atoms with E-state index < -0.39 is 0 Å². The molecule has 0 aliphatic carbocycles. The number of nitrogens with zero attached hydrogens (tertiary/aromatic N) is 1. The highest BCUT2D eigenvalue weighted by molar-refractivity contribution is 6.03. The standard InChI is InChI=1S/C19H25N3O/c1-4-5-11-20-15-10-12-21-18(13-15)19(23)22-17-9-7-6-8-16(17)14(2)3/h6-10,12-14H,4-5,11H2,1-3H3,(H,20,21)(H,22,23). The van der Waals surface area contributed by atoms with Crippen molar-refractivity contribution in [1.29, 1.82) is 0 Å². The first kappa shape index (κ1) is 17.0. The highest BCUT2D eigenvalue weighted by Crippen LogP contribution is 2.24. The van der Waals surface area contributed by atoms with Gasteiger partial charge in [0.15, 0.2) is 0 Å². The van der Waals surface area contributed by atoms with E-state index in [1.165, 1.54) is 0 Å². The molecule has 2 aromatic rings. The largest absolute Gasteiger partial charge is 0.385 e. The van der Waals surface area contributed by atoms with Gasteiger partial charge in [-0.1, -0.05) is 45.4 Å². The Morgan fingerprint density at radius 1 is 1.22 bits per heavy atom. The second-order valence-corrected chi connectivity index (χ2v) is 5.91. The molecule has 0 saturated heterocycles. The van der Waals surface area contributed by atoms with Crippen molar-refractivity contribution in [2.45, 2.75) is 39.5 Å². The number of carbonyl (C=O) groups is 1. The van der Waals surface area contributed by atoms with Crippen molar-refractivity contribution >= 4 is 17.3 Å². The second-order valence-electron chi connectivity index (χ2n) is 5.91. The van der Waals surface area contributed by atoms with Crippen LogP contribution in [0.3, 0.4) is 0 Å². The van der Waals surface area contributed by atoms with Crippen molar-refractivity contribution in [3.63, 3.8) is 0 Å². The van der Waals surface area contributed by atoms with Gasteiger partial charge in [-0.2, -0.15) is 0 Å². The fraction of sp³-hybridized carbons (Fsp3) is 0.368. The molecule has 2 N–H and O–H groups in total. The van der Waals surface area contributed by atoms with Gasteiger partial charge in [0, 0.05) is 24.1 Å². The van der Waals surface area contributed by atoms with Crippen LogP contribution in [0, 0.1) is 0 Å². The van der Waals surface area contributed by atoms with Gasteiger partial charge in [-0.3, -0.25) is 9.78 Å². The molecule has 122 valence electrons. The average Bonchev–Trinajstić information content (AvgIpc) is 2.55. The summed E-state index contributed by atoms with van der Waals surface area (Å²) in [6, 6.07) is 11.6. The molecule has 1 amide bonds. The van der Waals surface area contributed by atoms with Crippen LogP contribution in [0.25, 0.3) is 0 Å². The first-order chi connectivity index (χ1) is 11.1. The lowest BCUT2D eigenvalue weighted by Gasteiger charge is -2.13. The summed E-state index contributed by atoms with van der Waals surface area (Å²) in [6.07, 6.45) is 3.90. The lowest BCUT2D eigenvalue weighted by molar-refractivity contribution is 0.102. The van der Waals surface area contributed by atoms with Gasteiger partial charge in [-0.15, -0.1) is 0 Å². The molecule has 23 heavy (non-hydrogen) atoms. The molecule has 0 spiro atoms. The number of para-hydroxylation sites is 1. The third-order valence-electron chi connectivity index (χ3n) is 3.68. The third-order valence-corrected chi connectivity index (χ3v) is 3.68. The van der Waals surface area contributed by atoms with Crippen LogP contribution >= 0.6 is 0 Å². The zero-order valence-electron chi connectivity index (χ0n) is 14.1.